The van der Waals surface area contributed by atoms with Gasteiger partial charge in [0.15, 0.2) is 0 Å². The van der Waals surface area contributed by atoms with Gasteiger partial charge in [0.2, 0.25) is 5.91 Å². The monoisotopic (exact) mass is 2060 g/mol. The van der Waals surface area contributed by atoms with Gasteiger partial charge in [-0.1, -0.05) is 62.3 Å². The number of Topliss-reactive ketones (excluding diaryl/α,β-unsaturated/α-hetero) is 5. The van der Waals surface area contributed by atoms with Crippen molar-refractivity contribution in [3.63, 3.8) is 0 Å². The number of amides is 1. The van der Waals surface area contributed by atoms with Crippen LogP contribution in [-0.4, -0.2) is 229 Å². The number of ketones is 5. The molecule has 0 aromatic carbocycles. The Morgan fingerprint density at radius 3 is 0.698 bits per heavy atom. The summed E-state index contributed by atoms with van der Waals surface area (Å²) in [4.78, 5) is 92.5. The molecule has 17 heteroatoms. The van der Waals surface area contributed by atoms with Gasteiger partial charge in [-0.3, -0.25) is 53.3 Å². The van der Waals surface area contributed by atoms with Crippen LogP contribution in [0.1, 0.15) is 425 Å². The minimum absolute atomic E-state index is 0.148. The highest BCUT2D eigenvalue weighted by Crippen LogP contribution is 2.72. The number of likely N-dealkylation sites (tertiary alicyclic amines) is 4. The topological polar surface area (TPSA) is 223 Å². The smallest absolute Gasteiger partial charge is 0.219 e. The van der Waals surface area contributed by atoms with Crippen molar-refractivity contribution < 1.29 is 54.3 Å². The zero-order chi connectivity index (χ0) is 105. The maximum Gasteiger partial charge on any atom is 0.219 e. The number of hydrogen-bond donors (Lipinski definition) is 5. The van der Waals surface area contributed by atoms with E-state index in [1.165, 1.54) is 225 Å². The molecule has 20 saturated carbocycles. The summed E-state index contributed by atoms with van der Waals surface area (Å²) < 4.78 is 0. The number of carbonyl (C=O) groups excluding carboxylic acids is 6. The lowest BCUT2D eigenvalue weighted by atomic mass is 9.49. The highest BCUT2D eigenvalue weighted by molar-refractivity contribution is 5.86. The van der Waals surface area contributed by atoms with Crippen LogP contribution in [0, 0.1) is 228 Å². The number of rotatable bonds is 15. The quantitative estimate of drug-likeness (QED) is 0.103. The molecule has 20 aliphatic carbocycles. The minimum Gasteiger partial charge on any atom is -0.390 e. The molecule has 17 nitrogen and oxygen atoms in total. The van der Waals surface area contributed by atoms with E-state index in [9.17, 15) is 54.3 Å². The molecule has 0 radical (unpaired) electrons. The summed E-state index contributed by atoms with van der Waals surface area (Å²) in [6, 6.07) is 0. The van der Waals surface area contributed by atoms with Gasteiger partial charge in [-0.15, -0.1) is 0 Å². The van der Waals surface area contributed by atoms with Gasteiger partial charge in [-0.05, 0) is 581 Å². The van der Waals surface area contributed by atoms with Crippen LogP contribution in [0.15, 0.2) is 0 Å². The number of piperazine rings is 1. The van der Waals surface area contributed by atoms with Gasteiger partial charge in [0.05, 0.1) is 60.7 Å². The first-order chi connectivity index (χ1) is 70.7. The molecule has 842 valence electrons. The Morgan fingerprint density at radius 2 is 0.443 bits per heavy atom. The van der Waals surface area contributed by atoms with Gasteiger partial charge >= 0.3 is 0 Å². The van der Waals surface area contributed by atoms with Crippen molar-refractivity contribution in [1.29, 1.82) is 0 Å². The van der Waals surface area contributed by atoms with Crippen molar-refractivity contribution in [2.45, 2.75) is 453 Å². The second-order valence-corrected chi connectivity index (χ2v) is 62.7. The van der Waals surface area contributed by atoms with E-state index in [4.69, 9.17) is 0 Å². The number of fused-ring (bicyclic) bond motifs is 25. The van der Waals surface area contributed by atoms with E-state index < -0.39 is 28.0 Å². The van der Waals surface area contributed by atoms with Crippen LogP contribution in [-0.2, 0) is 28.8 Å². The molecule has 5 saturated heterocycles. The fourth-order valence-electron chi connectivity index (χ4n) is 45.7. The molecule has 149 heavy (non-hydrogen) atoms. The maximum absolute atomic E-state index is 13.5. The second-order valence-electron chi connectivity index (χ2n) is 62.7. The molecule has 25 fully saturated rings. The van der Waals surface area contributed by atoms with Gasteiger partial charge < -0.3 is 30.4 Å². The van der Waals surface area contributed by atoms with E-state index in [0.717, 1.165) is 341 Å². The molecule has 25 aliphatic rings. The van der Waals surface area contributed by atoms with Gasteiger partial charge in [0.1, 0.15) is 28.9 Å². The normalized spacial score (nSPS) is 50.5. The van der Waals surface area contributed by atoms with E-state index in [2.05, 4.69) is 115 Å². The third kappa shape index (κ3) is 22.6. The summed E-state index contributed by atoms with van der Waals surface area (Å²) in [5.41, 5.74) is -0.905. The Hall–Kier alpha value is -2.58. The fraction of sp³-hybridized carbons (Fsp3) is 0.955. The standard InChI is InChI=1S/C27H44N2O3.2C27H45NO2.C26H43NO2.C25H41NO2/c1-18(30)29-14-12-28(13-15-29)17-25(31)24-7-6-23-22-5-4-19-16-26(2,32)10-8-20(19)21(22)9-11-27(23,24)3;1-18-10-14-28(15-11-18)17-25(29)24-7-6-23-22-5-4-19-16-26(2,30)12-8-20(19)21(22)9-13-27(23,24)3;1-18-5-4-14-28(16-18)17-25(29)24-9-8-23-22-7-6-19-15-26(2,30)12-10-20(19)21(22)11-13-27(23,24)3;1-17-10-13-27(15-17)16-24(28)23-7-6-22-21-5-4-18-14-25(2,29)11-8-19(18)20(21)9-12-26(22,23)3;1-16-13-26(14-16)15-23(27)22-7-6-21-20-5-4-17-12-24(2,28)10-8-18(17)19(20)9-11-25(21,22)3/h19-24,32H,4-17H2,1-3H3;2*18-24,30H,4-17H2,1-3H3;17-23,29H,4-16H2,1-3H3;16-22,28H,4-15H2,1-3H3/t19-,20+,21-,22-,23+,24-,26-,27+;19-,20-,21+,22+,23-,24+,26+,27-;18?,19-,20-,21+,22+,23-,24+,26+,27-;17?,18-,19+,20-,21-,22+,23-,25-,26+;17-,18-,19+,20+,21-,22+,24+,25-/m10010/s1. The van der Waals surface area contributed by atoms with Crippen molar-refractivity contribution in [2.24, 2.45) is 228 Å². The van der Waals surface area contributed by atoms with Crippen LogP contribution in [0.5, 0.6) is 0 Å². The first-order valence-electron chi connectivity index (χ1n) is 64.9. The van der Waals surface area contributed by atoms with E-state index in [1.54, 1.807) is 6.92 Å². The third-order valence-electron chi connectivity index (χ3n) is 53.1. The average Bonchev–Trinajstić information content (AvgIpc) is 1.62. The SMILES string of the molecule is CC(=O)N1CCN(CC(=O)[C@H]2CC[C@H]3[C@@H]4CC[C@@H]5C[C@](C)(O)CC[C@@H]5[C@H]4CC[C@]23C)CC1.CC1CCCN(CC(=O)[C@H]2CC[C@H]3[C@@H]4CC[C@H]5C[C@](C)(O)CC[C@@H]5[C@H]4CC[C@]23C)C1.CC1CCN(CC(=O)[C@H]2CC[C@H]3[C@@H]4CC[C@@H]5C[C@](C)(O)CC[C@@H]5[C@H]4CC[C@]23C)C1.CC1CCN(CC(=O)[C@H]2CC[C@H]3[C@@H]4CC[C@H]5C[C@](C)(O)CC[C@@H]5[C@H]4CC[C@]23C)CC1.CC1CN(CC(=O)[C@H]2CC[C@H]3[C@@H]4CC[C@H]5C[C@](C)(O)CC[C@@H]5[C@H]4CC[C@]23C)C1. The molecular formula is C132H218N6O11. The first kappa shape index (κ1) is 112. The van der Waals surface area contributed by atoms with E-state index in [-0.39, 0.29) is 38.9 Å². The lowest BCUT2D eigenvalue weighted by Crippen LogP contribution is -2.52. The molecule has 0 aromatic rings. The van der Waals surface area contributed by atoms with Crippen molar-refractivity contribution in [3.05, 3.63) is 0 Å². The fourth-order valence-corrected chi connectivity index (χ4v) is 45.7. The molecule has 0 bridgehead atoms. The van der Waals surface area contributed by atoms with Crippen molar-refractivity contribution in [3.8, 4) is 0 Å². The first-order valence-corrected chi connectivity index (χ1v) is 64.9. The van der Waals surface area contributed by atoms with Gasteiger partial charge in [0, 0.05) is 88.9 Å². The number of aliphatic hydroxyl groups is 5. The maximum atomic E-state index is 13.5. The molecule has 25 rings (SSSR count). The summed E-state index contributed by atoms with van der Waals surface area (Å²) in [5, 5.41) is 53.0. The molecule has 5 heterocycles. The molecule has 2 unspecified atom stereocenters. The van der Waals surface area contributed by atoms with Crippen LogP contribution in [0.4, 0.5) is 0 Å². The predicted octanol–water partition coefficient (Wildman–Crippen LogP) is 23.8. The van der Waals surface area contributed by atoms with Crippen LogP contribution in [0.2, 0.25) is 0 Å². The zero-order valence-electron chi connectivity index (χ0n) is 97.4. The molecule has 42 atom stereocenters. The van der Waals surface area contributed by atoms with Crippen molar-refractivity contribution >= 4 is 34.8 Å². The molecule has 5 aliphatic heterocycles. The third-order valence-corrected chi connectivity index (χ3v) is 53.1. The minimum atomic E-state index is -0.446. The van der Waals surface area contributed by atoms with Crippen LogP contribution < -0.4 is 0 Å². The zero-order valence-corrected chi connectivity index (χ0v) is 97.4. The van der Waals surface area contributed by atoms with Crippen LogP contribution >= 0.6 is 0 Å². The van der Waals surface area contributed by atoms with Crippen LogP contribution in [0.3, 0.4) is 0 Å². The molecule has 1 amide bonds. The van der Waals surface area contributed by atoms with Crippen LogP contribution in [0.25, 0.3) is 0 Å². The largest absolute Gasteiger partial charge is 0.390 e. The van der Waals surface area contributed by atoms with E-state index in [1.807, 2.05) is 11.8 Å². The number of piperidine rings is 2. The van der Waals surface area contributed by atoms with Gasteiger partial charge in [0.25, 0.3) is 0 Å². The molecule has 0 aromatic heterocycles. The van der Waals surface area contributed by atoms with Gasteiger partial charge in [-0.2, -0.15) is 0 Å². The summed E-state index contributed by atoms with van der Waals surface area (Å²) in [5.74, 6) is 27.7. The lowest BCUT2D eigenvalue weighted by Gasteiger charge is -2.57. The Labute approximate surface area is 905 Å². The Kier molecular flexibility index (Phi) is 33.0. The summed E-state index contributed by atoms with van der Waals surface area (Å²) >= 11 is 0. The highest BCUT2D eigenvalue weighted by Gasteiger charge is 2.67. The summed E-state index contributed by atoms with van der Waals surface area (Å²) in [7, 11) is 0. The average molecular weight is 2070 g/mol. The number of carbonyl (C=O) groups is 6. The lowest BCUT2D eigenvalue weighted by molar-refractivity contribution is -0.135. The predicted molar refractivity (Wildman–Crippen MR) is 595 cm³/mol. The Bertz CT molecular complexity index is 4640. The Balaban J connectivity index is 0.000000109. The summed E-state index contributed by atoms with van der Waals surface area (Å²) in [6.45, 7) is 49.2. The van der Waals surface area contributed by atoms with Crippen molar-refractivity contribution in [1.82, 2.24) is 29.4 Å². The summed E-state index contributed by atoms with van der Waals surface area (Å²) in [6.07, 6.45) is 60.9. The number of hydrogen-bond acceptors (Lipinski definition) is 16. The molecular weight excluding hydrogens is 1850 g/mol. The van der Waals surface area contributed by atoms with E-state index in [0.29, 0.717) is 91.2 Å². The highest BCUT2D eigenvalue weighted by atomic mass is 16.3. The van der Waals surface area contributed by atoms with E-state index >= 15 is 0 Å². The molecule has 0 spiro atoms. The van der Waals surface area contributed by atoms with Gasteiger partial charge in [-0.25, -0.2) is 0 Å². The van der Waals surface area contributed by atoms with Crippen molar-refractivity contribution in [2.75, 3.05) is 111 Å². The molecule has 5 N–H and O–H groups in total. The number of nitrogens with zero attached hydrogens (tertiary/aromatic N) is 6. The Morgan fingerprint density at radius 1 is 0.215 bits per heavy atom. The second kappa shape index (κ2) is 44.0.